The summed E-state index contributed by atoms with van der Waals surface area (Å²) in [6.07, 6.45) is -0.410. The third kappa shape index (κ3) is 28.4. The number of hydrogen-bond donors (Lipinski definition) is 13. The van der Waals surface area contributed by atoms with Gasteiger partial charge in [0, 0.05) is 165 Å². The number of carboxylic acid groups (broad SMARTS) is 4. The van der Waals surface area contributed by atoms with Gasteiger partial charge in [-0.15, -0.1) is 0 Å². The van der Waals surface area contributed by atoms with Crippen molar-refractivity contribution in [2.24, 2.45) is 0 Å². The van der Waals surface area contributed by atoms with Crippen LogP contribution in [0.15, 0.2) is 36.4 Å². The quantitative estimate of drug-likeness (QED) is 0.0206. The first-order valence-electron chi connectivity index (χ1n) is 24.2. The number of phenols is 2. The molecular formula is C46H70LuN9O20P2-. The van der Waals surface area contributed by atoms with E-state index in [1.54, 1.807) is 27.2 Å². The number of amides is 3. The molecule has 2 aromatic rings. The van der Waals surface area contributed by atoms with Crippen molar-refractivity contribution in [2.75, 3.05) is 118 Å². The summed E-state index contributed by atoms with van der Waals surface area (Å²) in [4.78, 5) is 144. The first-order valence-corrected chi connectivity index (χ1v) is 27.5. The number of aryl methyl sites for hydroxylation is 2. The first kappa shape index (κ1) is 69.3. The van der Waals surface area contributed by atoms with Gasteiger partial charge in [-0.1, -0.05) is 24.3 Å². The standard InChI is InChI=1S/C46H70N9O20P2.Lu/c1-32(56)24-50-12-14-51(15-17-53(29-43(64)65)19-18-52(16-13-50)28-42(62)63)27-41(61)48-11-10-47-39(59)8-4-33-2-6-37(57)35(22-33)25-54(30-44(66)67)20-21-55(31-45(68)69)26-36-23-34(3-7-38(36)58)5-9-40(60)49-46(76(70,71)72)77(73,74)75;/h2-3,6-7,22-23,46,57-58H,1,4-5,8-21,24-31H2,(H,47,59)(H,48,61)(H,49,60)(H,62,63)(H,64,65)(H,66,67)(H,68,69)(H2,70,71,72)(H2,73,74,75);/q-1;. The molecule has 0 saturated carbocycles. The van der Waals surface area contributed by atoms with Crippen LogP contribution < -0.4 is 16.0 Å². The molecule has 3 rings (SSSR count). The van der Waals surface area contributed by atoms with Gasteiger partial charge in [0.25, 0.3) is 0 Å². The molecule has 0 atom stereocenters. The Balaban J connectivity index is 0.0000208. The zero-order chi connectivity index (χ0) is 57.5. The summed E-state index contributed by atoms with van der Waals surface area (Å²) in [5.74, 6) is -7.21. The Labute approximate surface area is 479 Å². The Hall–Kier alpha value is -4.84. The molecule has 1 saturated heterocycles. The summed E-state index contributed by atoms with van der Waals surface area (Å²) >= 11 is 0. The maximum absolute atomic E-state index is 13.1. The SMILES string of the molecule is [CH2-]C(=O)CN1CCN(CC(=O)O)CCN(CC(=O)O)CCN(CC(=O)NCCNC(=O)CCc2ccc(O)c(CN(CCN(CC(=O)O)Cc3cc(CCC(=O)NC(P(=O)(O)O)P(=O)(O)O)ccc3O)CC(=O)O)c2)CC1.[Lu]. The van der Waals surface area contributed by atoms with Gasteiger partial charge in [0.2, 0.25) is 23.2 Å². The molecule has 0 aliphatic carbocycles. The first-order chi connectivity index (χ1) is 36.1. The molecule has 0 unspecified atom stereocenters. The fourth-order valence-electron chi connectivity index (χ4n) is 8.11. The monoisotopic (exact) mass is 1310 g/mol. The Morgan fingerprint density at radius 1 is 0.538 bits per heavy atom. The molecule has 29 nitrogen and oxygen atoms in total. The molecule has 445 valence electrons. The predicted molar refractivity (Wildman–Crippen MR) is 272 cm³/mol. The molecule has 1 heterocycles. The molecule has 13 N–H and O–H groups in total. The van der Waals surface area contributed by atoms with E-state index in [1.807, 2.05) is 9.80 Å². The molecule has 32 heteroatoms. The molecule has 1 aliphatic rings. The molecule has 2 aromatic carbocycles. The van der Waals surface area contributed by atoms with Gasteiger partial charge in [0.05, 0.1) is 32.7 Å². The fourth-order valence-corrected chi connectivity index (χ4v) is 10.3. The number of aromatic hydroxyl groups is 2. The van der Waals surface area contributed by atoms with Crippen LogP contribution in [0.25, 0.3) is 0 Å². The summed E-state index contributed by atoms with van der Waals surface area (Å²) in [6, 6.07) is 8.66. The van der Waals surface area contributed by atoms with Crippen molar-refractivity contribution < 1.29 is 135 Å². The fraction of sp³-hybridized carbons (Fsp3) is 0.543. The topological polar surface area (TPSA) is 429 Å². The number of nitrogens with one attached hydrogen (secondary N) is 3. The van der Waals surface area contributed by atoms with Gasteiger partial charge in [-0.25, -0.2) is 0 Å². The van der Waals surface area contributed by atoms with E-state index in [9.17, 15) is 97.7 Å². The van der Waals surface area contributed by atoms with Crippen LogP contribution in [0.2, 0.25) is 0 Å². The van der Waals surface area contributed by atoms with Gasteiger partial charge in [0.1, 0.15) is 11.5 Å². The number of phenolic OH excluding ortho intramolecular Hbond substituents is 2. The van der Waals surface area contributed by atoms with Crippen molar-refractivity contribution in [3.8, 4) is 11.5 Å². The van der Waals surface area contributed by atoms with Crippen molar-refractivity contribution in [3.63, 3.8) is 0 Å². The Morgan fingerprint density at radius 2 is 0.897 bits per heavy atom. The number of carbonyl (C=O) groups is 8. The number of carbonyl (C=O) groups excluding carboxylic acids is 4. The number of ketones is 1. The molecule has 0 spiro atoms. The van der Waals surface area contributed by atoms with E-state index in [1.165, 1.54) is 34.1 Å². The number of carboxylic acids is 4. The van der Waals surface area contributed by atoms with Crippen LogP contribution in [0.3, 0.4) is 0 Å². The predicted octanol–water partition coefficient (Wildman–Crippen LogP) is -2.78. The van der Waals surface area contributed by atoms with Gasteiger partial charge in [-0.05, 0) is 36.1 Å². The average Bonchev–Trinajstić information content (AvgIpc) is 3.30. The number of benzene rings is 2. The van der Waals surface area contributed by atoms with Gasteiger partial charge in [0.15, 0.2) is 0 Å². The van der Waals surface area contributed by atoms with E-state index in [0.29, 0.717) is 42.9 Å². The van der Waals surface area contributed by atoms with E-state index >= 15 is 0 Å². The largest absolute Gasteiger partial charge is 0.508 e. The number of aliphatic carboxylic acids is 4. The third-order valence-corrected chi connectivity index (χ3v) is 15.3. The van der Waals surface area contributed by atoms with E-state index < -0.39 is 70.0 Å². The zero-order valence-electron chi connectivity index (χ0n) is 42.6. The van der Waals surface area contributed by atoms with Crippen molar-refractivity contribution in [1.29, 1.82) is 0 Å². The second-order valence-electron chi connectivity index (χ2n) is 18.4. The summed E-state index contributed by atoms with van der Waals surface area (Å²) < 4.78 is 23.1. The molecule has 1 fully saturated rings. The van der Waals surface area contributed by atoms with Gasteiger partial charge in [-0.2, -0.15) is 0 Å². The van der Waals surface area contributed by atoms with Crippen LogP contribution in [0.1, 0.15) is 35.1 Å². The van der Waals surface area contributed by atoms with Crippen LogP contribution in [0.5, 0.6) is 11.5 Å². The summed E-state index contributed by atoms with van der Waals surface area (Å²) in [5, 5.41) is 66.8. The number of rotatable bonds is 31. The Kier molecular flexibility index (Phi) is 30.5. The van der Waals surface area contributed by atoms with Gasteiger partial charge in [-0.3, -0.25) is 72.1 Å². The molecule has 0 aromatic heterocycles. The van der Waals surface area contributed by atoms with Crippen LogP contribution in [-0.4, -0.2) is 250 Å². The number of Topliss-reactive ketones (excluding diaryl/α,β-unsaturated/α-hetero) is 1. The second kappa shape index (κ2) is 34.3. The molecule has 3 amide bonds. The molecule has 1 aliphatic heterocycles. The minimum absolute atomic E-state index is 0. The zero-order valence-corrected chi connectivity index (χ0v) is 46.1. The summed E-state index contributed by atoms with van der Waals surface area (Å²) in [7, 11) is -10.9. The molecule has 78 heavy (non-hydrogen) atoms. The van der Waals surface area contributed by atoms with Crippen LogP contribution >= 0.6 is 15.2 Å². The Bertz CT molecular complexity index is 2410. The maximum atomic E-state index is 13.1. The van der Waals surface area contributed by atoms with Crippen LogP contribution in [-0.2, 0) is 73.4 Å². The minimum atomic E-state index is -5.44. The van der Waals surface area contributed by atoms with Gasteiger partial charge < -0.3 is 77.9 Å². The van der Waals surface area contributed by atoms with Crippen molar-refractivity contribution in [1.82, 2.24) is 45.3 Å². The maximum Gasteiger partial charge on any atom is 0.360 e. The number of hydrogen-bond acceptors (Lipinski definition) is 18. The normalized spacial score (nSPS) is 14.7. The van der Waals surface area contributed by atoms with E-state index in [-0.39, 0.29) is 182 Å². The van der Waals surface area contributed by atoms with Gasteiger partial charge >= 0.3 is 39.1 Å². The smallest absolute Gasteiger partial charge is 0.360 e. The molecule has 1 radical (unpaired) electrons. The van der Waals surface area contributed by atoms with Crippen molar-refractivity contribution in [3.05, 3.63) is 65.6 Å². The summed E-state index contributed by atoms with van der Waals surface area (Å²) in [6.45, 7) is 3.82. The Morgan fingerprint density at radius 3 is 1.26 bits per heavy atom. The molecular weight excluding hydrogens is 1240 g/mol. The minimum Gasteiger partial charge on any atom is -0.508 e. The van der Waals surface area contributed by atoms with Crippen molar-refractivity contribution in [2.45, 2.75) is 44.3 Å². The summed E-state index contributed by atoms with van der Waals surface area (Å²) in [5.41, 5.74) is -1.26. The van der Waals surface area contributed by atoms with E-state index in [2.05, 4.69) is 17.6 Å². The average molecular weight is 1310 g/mol. The number of nitrogens with zero attached hydrogens (tertiary/aromatic N) is 6. The third-order valence-electron chi connectivity index (χ3n) is 11.9. The van der Waals surface area contributed by atoms with E-state index in [4.69, 9.17) is 0 Å². The van der Waals surface area contributed by atoms with Crippen LogP contribution in [0, 0.1) is 43.8 Å². The molecule has 0 bridgehead atoms. The second-order valence-corrected chi connectivity index (χ2v) is 22.2. The van der Waals surface area contributed by atoms with Crippen LogP contribution in [0.4, 0.5) is 0 Å². The van der Waals surface area contributed by atoms with Crippen molar-refractivity contribution >= 4 is 62.6 Å². The van der Waals surface area contributed by atoms with E-state index in [0.717, 1.165) is 0 Å².